The van der Waals surface area contributed by atoms with Crippen molar-refractivity contribution in [1.82, 2.24) is 0 Å². The number of rotatable bonds is 3. The Balaban J connectivity index is 2.27. The molecule has 1 aromatic heterocycles. The van der Waals surface area contributed by atoms with Crippen molar-refractivity contribution in [3.05, 3.63) is 34.5 Å². The van der Waals surface area contributed by atoms with Crippen LogP contribution in [0.4, 0.5) is 0 Å². The van der Waals surface area contributed by atoms with Gasteiger partial charge in [-0.15, -0.1) is 0 Å². The number of Topliss-reactive ketones (excluding diaryl/α,β-unsaturated/α-hetero) is 1. The molecule has 10 heteroatoms. The highest BCUT2D eigenvalue weighted by atomic mass is 16.6. The molecule has 10 nitrogen and oxygen atoms in total. The molecule has 0 bridgehead atoms. The van der Waals surface area contributed by atoms with Crippen molar-refractivity contribution in [2.24, 2.45) is 0 Å². The number of carbonyl (C=O) groups excluding carboxylic acids is 2. The molecule has 0 saturated heterocycles. The third kappa shape index (κ3) is 2.92. The van der Waals surface area contributed by atoms with E-state index in [0.717, 1.165) is 25.1 Å². The summed E-state index contributed by atoms with van der Waals surface area (Å²) >= 11 is 0. The van der Waals surface area contributed by atoms with Crippen LogP contribution < -0.4 is 10.2 Å². The minimum absolute atomic E-state index is 0.0119. The van der Waals surface area contributed by atoms with Crippen LogP contribution in [0.3, 0.4) is 0 Å². The van der Waals surface area contributed by atoms with Gasteiger partial charge in [-0.2, -0.15) is 0 Å². The standard InChI is InChI=1S/C18H12O10/c1-6(19)18(26)28-17-10(22)5-11-12(14(17)24)13(23)15(25)16(27-11)7-2-3-8(20)9(21)4-7/h2-5,20-22,24-25H,1H3. The lowest BCUT2D eigenvalue weighted by molar-refractivity contribution is -0.146. The third-order valence-corrected chi connectivity index (χ3v) is 3.79. The molecule has 3 rings (SSSR count). The second-order valence-electron chi connectivity index (χ2n) is 5.70. The van der Waals surface area contributed by atoms with Crippen molar-refractivity contribution < 1.29 is 44.3 Å². The maximum absolute atomic E-state index is 12.5. The number of benzene rings is 2. The van der Waals surface area contributed by atoms with Crippen molar-refractivity contribution in [1.29, 1.82) is 0 Å². The molecule has 0 atom stereocenters. The van der Waals surface area contributed by atoms with E-state index in [2.05, 4.69) is 4.74 Å². The summed E-state index contributed by atoms with van der Waals surface area (Å²) in [6, 6.07) is 4.18. The molecular weight excluding hydrogens is 376 g/mol. The molecule has 5 N–H and O–H groups in total. The Morgan fingerprint density at radius 2 is 1.61 bits per heavy atom. The molecule has 0 aliphatic carbocycles. The van der Waals surface area contributed by atoms with Crippen LogP contribution in [0.5, 0.6) is 34.5 Å². The summed E-state index contributed by atoms with van der Waals surface area (Å²) in [5, 5.41) is 48.7. The quantitative estimate of drug-likeness (QED) is 0.191. The van der Waals surface area contributed by atoms with Crippen LogP contribution in [0.1, 0.15) is 6.92 Å². The average molecular weight is 388 g/mol. The van der Waals surface area contributed by atoms with Crippen molar-refractivity contribution in [3.8, 4) is 45.8 Å². The molecule has 1 heterocycles. The molecule has 28 heavy (non-hydrogen) atoms. The van der Waals surface area contributed by atoms with Crippen LogP contribution in [-0.4, -0.2) is 37.3 Å². The fraction of sp³-hybridized carbons (Fsp3) is 0.0556. The number of hydrogen-bond donors (Lipinski definition) is 5. The Bertz CT molecular complexity index is 1210. The summed E-state index contributed by atoms with van der Waals surface area (Å²) in [5.74, 6) is -7.46. The van der Waals surface area contributed by atoms with Crippen molar-refractivity contribution in [3.63, 3.8) is 0 Å². The van der Waals surface area contributed by atoms with E-state index in [0.29, 0.717) is 0 Å². The molecule has 0 aliphatic heterocycles. The fourth-order valence-corrected chi connectivity index (χ4v) is 2.42. The minimum Gasteiger partial charge on any atom is -0.504 e. The zero-order chi connectivity index (χ0) is 20.7. The highest BCUT2D eigenvalue weighted by molar-refractivity contribution is 6.33. The normalized spacial score (nSPS) is 10.8. The van der Waals surface area contributed by atoms with Gasteiger partial charge < -0.3 is 34.7 Å². The number of ketones is 1. The molecule has 0 radical (unpaired) electrons. The Kier molecular flexibility index (Phi) is 4.31. The Morgan fingerprint density at radius 1 is 0.929 bits per heavy atom. The van der Waals surface area contributed by atoms with Crippen LogP contribution in [0.15, 0.2) is 33.5 Å². The maximum atomic E-state index is 12.5. The highest BCUT2D eigenvalue weighted by Crippen LogP contribution is 2.43. The monoisotopic (exact) mass is 388 g/mol. The van der Waals surface area contributed by atoms with E-state index >= 15 is 0 Å². The van der Waals surface area contributed by atoms with Gasteiger partial charge in [-0.05, 0) is 18.2 Å². The van der Waals surface area contributed by atoms with Crippen LogP contribution >= 0.6 is 0 Å². The summed E-state index contributed by atoms with van der Waals surface area (Å²) in [5.41, 5.74) is -1.51. The van der Waals surface area contributed by atoms with E-state index in [1.807, 2.05) is 0 Å². The lowest BCUT2D eigenvalue weighted by Crippen LogP contribution is -2.17. The summed E-state index contributed by atoms with van der Waals surface area (Å²) in [6.07, 6.45) is 0. The molecule has 0 fully saturated rings. The van der Waals surface area contributed by atoms with E-state index in [-0.39, 0.29) is 11.1 Å². The lowest BCUT2D eigenvalue weighted by atomic mass is 10.1. The second kappa shape index (κ2) is 6.50. The van der Waals surface area contributed by atoms with E-state index in [1.54, 1.807) is 0 Å². The Morgan fingerprint density at radius 3 is 2.21 bits per heavy atom. The van der Waals surface area contributed by atoms with Gasteiger partial charge in [-0.3, -0.25) is 9.59 Å². The topological polar surface area (TPSA) is 175 Å². The van der Waals surface area contributed by atoms with Gasteiger partial charge in [0, 0.05) is 18.6 Å². The highest BCUT2D eigenvalue weighted by Gasteiger charge is 2.25. The summed E-state index contributed by atoms with van der Waals surface area (Å²) < 4.78 is 9.93. The average Bonchev–Trinajstić information content (AvgIpc) is 2.63. The molecule has 0 amide bonds. The summed E-state index contributed by atoms with van der Waals surface area (Å²) in [7, 11) is 0. The van der Waals surface area contributed by atoms with Crippen molar-refractivity contribution in [2.45, 2.75) is 6.92 Å². The van der Waals surface area contributed by atoms with Crippen LogP contribution in [0, 0.1) is 0 Å². The minimum atomic E-state index is -1.39. The summed E-state index contributed by atoms with van der Waals surface area (Å²) in [6.45, 7) is 0.900. The fourth-order valence-electron chi connectivity index (χ4n) is 2.42. The van der Waals surface area contributed by atoms with Gasteiger partial charge in [0.2, 0.25) is 22.7 Å². The first-order chi connectivity index (χ1) is 13.1. The number of hydrogen-bond acceptors (Lipinski definition) is 10. The smallest absolute Gasteiger partial charge is 0.379 e. The molecular formula is C18H12O10. The number of carbonyl (C=O) groups is 2. The van der Waals surface area contributed by atoms with Crippen LogP contribution in [0.2, 0.25) is 0 Å². The summed E-state index contributed by atoms with van der Waals surface area (Å²) in [4.78, 5) is 34.9. The second-order valence-corrected chi connectivity index (χ2v) is 5.70. The van der Waals surface area contributed by atoms with Gasteiger partial charge in [0.05, 0.1) is 0 Å². The van der Waals surface area contributed by atoms with Crippen molar-refractivity contribution >= 4 is 22.7 Å². The van der Waals surface area contributed by atoms with Gasteiger partial charge in [0.1, 0.15) is 11.0 Å². The van der Waals surface area contributed by atoms with Gasteiger partial charge >= 0.3 is 5.97 Å². The number of ether oxygens (including phenoxy) is 1. The molecule has 0 spiro atoms. The maximum Gasteiger partial charge on any atom is 0.379 e. The van der Waals surface area contributed by atoms with E-state index in [1.165, 1.54) is 6.07 Å². The largest absolute Gasteiger partial charge is 0.504 e. The van der Waals surface area contributed by atoms with Crippen molar-refractivity contribution in [2.75, 3.05) is 0 Å². The molecule has 0 unspecified atom stereocenters. The molecule has 3 aromatic rings. The zero-order valence-electron chi connectivity index (χ0n) is 14.1. The zero-order valence-corrected chi connectivity index (χ0v) is 14.1. The van der Waals surface area contributed by atoms with E-state index in [9.17, 15) is 39.9 Å². The number of esters is 1. The SMILES string of the molecule is CC(=O)C(=O)Oc1c(O)cc2oc(-c3ccc(O)c(O)c3)c(O)c(=O)c2c1O. The first-order valence-corrected chi connectivity index (χ1v) is 7.61. The first-order valence-electron chi connectivity index (χ1n) is 7.61. The van der Waals surface area contributed by atoms with Gasteiger partial charge in [-0.1, -0.05) is 0 Å². The Labute approximate surface area is 155 Å². The number of fused-ring (bicyclic) bond motifs is 1. The van der Waals surface area contributed by atoms with E-state index in [4.69, 9.17) is 4.42 Å². The number of phenols is 4. The van der Waals surface area contributed by atoms with Gasteiger partial charge in [0.25, 0.3) is 0 Å². The lowest BCUT2D eigenvalue weighted by Gasteiger charge is -2.11. The molecule has 0 aliphatic rings. The predicted octanol–water partition coefficient (Wildman–Crippen LogP) is 1.48. The van der Waals surface area contributed by atoms with Crippen LogP contribution in [-0.2, 0) is 9.59 Å². The molecule has 2 aromatic carbocycles. The Hall–Kier alpha value is -4.21. The molecule has 0 saturated carbocycles. The third-order valence-electron chi connectivity index (χ3n) is 3.79. The van der Waals surface area contributed by atoms with Gasteiger partial charge in [0.15, 0.2) is 28.8 Å². The van der Waals surface area contributed by atoms with E-state index < -0.39 is 62.8 Å². The first kappa shape index (κ1) is 18.6. The van der Waals surface area contributed by atoms with Crippen LogP contribution in [0.25, 0.3) is 22.3 Å². The van der Waals surface area contributed by atoms with Gasteiger partial charge in [-0.25, -0.2) is 4.79 Å². The predicted molar refractivity (Wildman–Crippen MR) is 92.6 cm³/mol. The molecule has 144 valence electrons. The number of phenolic OH excluding ortho intramolecular Hbond substituents is 4. The number of aromatic hydroxyl groups is 5.